The zero-order valence-corrected chi connectivity index (χ0v) is 12.4. The maximum Gasteiger partial charge on any atom is 0.241 e. The number of hydrogen-bond donors (Lipinski definition) is 2. The molecule has 0 spiro atoms. The summed E-state index contributed by atoms with van der Waals surface area (Å²) in [6.07, 6.45) is 4.43. The first-order valence-corrected chi connectivity index (χ1v) is 6.41. The molecule has 1 amide bonds. The Morgan fingerprint density at radius 2 is 2.26 bits per heavy atom. The number of carbonyl (C=O) groups excluding carboxylic acids is 1. The Kier molecular flexibility index (Phi) is 5.35. The molecule has 0 bridgehead atoms. The highest BCUT2D eigenvalue weighted by Crippen LogP contribution is 2.18. The summed E-state index contributed by atoms with van der Waals surface area (Å²) < 4.78 is 7.01. The van der Waals surface area contributed by atoms with Gasteiger partial charge in [-0.05, 0) is 27.2 Å². The number of aromatic nitrogens is 2. The van der Waals surface area contributed by atoms with Crippen molar-refractivity contribution in [1.29, 1.82) is 0 Å². The van der Waals surface area contributed by atoms with Crippen molar-refractivity contribution in [3.8, 4) is 0 Å². The number of carbonyl (C=O) groups is 1. The Morgan fingerprint density at radius 3 is 2.84 bits per heavy atom. The summed E-state index contributed by atoms with van der Waals surface area (Å²) in [4.78, 5) is 11.2. The molecule has 1 aromatic heterocycles. The van der Waals surface area contributed by atoms with E-state index in [4.69, 9.17) is 4.74 Å². The monoisotopic (exact) mass is 268 g/mol. The highest BCUT2D eigenvalue weighted by molar-refractivity contribution is 5.75. The van der Waals surface area contributed by atoms with Crippen molar-refractivity contribution in [2.24, 2.45) is 0 Å². The van der Waals surface area contributed by atoms with Crippen molar-refractivity contribution < 1.29 is 9.53 Å². The Labute approximate surface area is 114 Å². The second-order valence-corrected chi connectivity index (χ2v) is 5.31. The summed E-state index contributed by atoms with van der Waals surface area (Å²) >= 11 is 0. The van der Waals surface area contributed by atoms with Crippen LogP contribution in [0.1, 0.15) is 27.2 Å². The van der Waals surface area contributed by atoms with Crippen LogP contribution in [0, 0.1) is 0 Å². The largest absolute Gasteiger partial charge is 0.380 e. The smallest absolute Gasteiger partial charge is 0.241 e. The SMILES string of the molecule is CNC(=O)Cn1cc(NC(C)CC(C)(C)OC)cn1. The average Bonchev–Trinajstić information content (AvgIpc) is 2.75. The van der Waals surface area contributed by atoms with Gasteiger partial charge in [-0.25, -0.2) is 0 Å². The van der Waals surface area contributed by atoms with Crippen LogP contribution in [0.4, 0.5) is 5.69 Å². The predicted octanol–water partition coefficient (Wildman–Crippen LogP) is 1.24. The zero-order valence-electron chi connectivity index (χ0n) is 12.4. The molecule has 0 radical (unpaired) electrons. The standard InChI is InChI=1S/C13H24N4O2/c1-10(6-13(2,3)19-5)16-11-7-15-17(8-11)9-12(18)14-4/h7-8,10,16H,6,9H2,1-5H3,(H,14,18). The van der Waals surface area contributed by atoms with Crippen LogP contribution in [-0.4, -0.2) is 41.5 Å². The normalized spacial score (nSPS) is 13.1. The third kappa shape index (κ3) is 5.30. The lowest BCUT2D eigenvalue weighted by Gasteiger charge is -2.27. The van der Waals surface area contributed by atoms with Gasteiger partial charge in [-0.3, -0.25) is 9.48 Å². The lowest BCUT2D eigenvalue weighted by molar-refractivity contribution is -0.121. The first-order chi connectivity index (χ1) is 8.86. The van der Waals surface area contributed by atoms with Gasteiger partial charge >= 0.3 is 0 Å². The Hall–Kier alpha value is -1.56. The van der Waals surface area contributed by atoms with E-state index in [1.54, 1.807) is 25.0 Å². The van der Waals surface area contributed by atoms with E-state index in [1.165, 1.54) is 0 Å². The third-order valence-corrected chi connectivity index (χ3v) is 2.98. The summed E-state index contributed by atoms with van der Waals surface area (Å²) in [6, 6.07) is 0.257. The number of anilines is 1. The average molecular weight is 268 g/mol. The number of nitrogens with zero attached hydrogens (tertiary/aromatic N) is 2. The Bertz CT molecular complexity index is 415. The van der Waals surface area contributed by atoms with Gasteiger partial charge in [-0.15, -0.1) is 0 Å². The van der Waals surface area contributed by atoms with Crippen LogP contribution in [-0.2, 0) is 16.1 Å². The van der Waals surface area contributed by atoms with Crippen LogP contribution in [0.25, 0.3) is 0 Å². The first kappa shape index (κ1) is 15.5. The molecule has 19 heavy (non-hydrogen) atoms. The molecule has 0 aliphatic carbocycles. The molecule has 0 saturated carbocycles. The van der Waals surface area contributed by atoms with Crippen LogP contribution in [0.15, 0.2) is 12.4 Å². The topological polar surface area (TPSA) is 68.2 Å². The van der Waals surface area contributed by atoms with E-state index in [1.807, 2.05) is 6.20 Å². The van der Waals surface area contributed by atoms with Gasteiger partial charge in [0, 0.05) is 26.4 Å². The quantitative estimate of drug-likeness (QED) is 0.781. The molecule has 1 rings (SSSR count). The summed E-state index contributed by atoms with van der Waals surface area (Å²) in [5.74, 6) is -0.0665. The van der Waals surface area contributed by atoms with E-state index >= 15 is 0 Å². The fourth-order valence-electron chi connectivity index (χ4n) is 1.91. The zero-order chi connectivity index (χ0) is 14.5. The number of methoxy groups -OCH3 is 1. The molecule has 1 heterocycles. The van der Waals surface area contributed by atoms with E-state index in [0.29, 0.717) is 0 Å². The maximum atomic E-state index is 11.2. The lowest BCUT2D eigenvalue weighted by Crippen LogP contribution is -2.31. The molecule has 1 atom stereocenters. The van der Waals surface area contributed by atoms with Crippen molar-refractivity contribution in [1.82, 2.24) is 15.1 Å². The highest BCUT2D eigenvalue weighted by atomic mass is 16.5. The Balaban J connectivity index is 2.51. The molecule has 0 aliphatic rings. The van der Waals surface area contributed by atoms with Gasteiger partial charge in [0.05, 0.1) is 17.5 Å². The van der Waals surface area contributed by atoms with Crippen molar-refractivity contribution in [2.45, 2.75) is 45.4 Å². The predicted molar refractivity (Wildman–Crippen MR) is 75.1 cm³/mol. The molecule has 1 aromatic rings. The summed E-state index contributed by atoms with van der Waals surface area (Å²) in [6.45, 7) is 6.44. The van der Waals surface area contributed by atoms with E-state index in [0.717, 1.165) is 12.1 Å². The molecule has 2 N–H and O–H groups in total. The number of nitrogens with one attached hydrogen (secondary N) is 2. The van der Waals surface area contributed by atoms with E-state index in [9.17, 15) is 4.79 Å². The fraction of sp³-hybridized carbons (Fsp3) is 0.692. The minimum Gasteiger partial charge on any atom is -0.380 e. The van der Waals surface area contributed by atoms with Crippen LogP contribution in [0.3, 0.4) is 0 Å². The second-order valence-electron chi connectivity index (χ2n) is 5.31. The van der Waals surface area contributed by atoms with Crippen molar-refractivity contribution in [3.63, 3.8) is 0 Å². The van der Waals surface area contributed by atoms with E-state index in [2.05, 4.69) is 36.5 Å². The Morgan fingerprint density at radius 1 is 1.58 bits per heavy atom. The van der Waals surface area contributed by atoms with Gasteiger partial charge in [-0.2, -0.15) is 5.10 Å². The van der Waals surface area contributed by atoms with Crippen molar-refractivity contribution in [3.05, 3.63) is 12.4 Å². The molecule has 1 unspecified atom stereocenters. The maximum absolute atomic E-state index is 11.2. The lowest BCUT2D eigenvalue weighted by atomic mass is 10.00. The molecular weight excluding hydrogens is 244 g/mol. The number of likely N-dealkylation sites (N-methyl/N-ethyl adjacent to an activating group) is 1. The minimum absolute atomic E-state index is 0.0665. The molecule has 0 aromatic carbocycles. The van der Waals surface area contributed by atoms with Gasteiger partial charge in [0.2, 0.25) is 5.91 Å². The molecule has 0 saturated heterocycles. The highest BCUT2D eigenvalue weighted by Gasteiger charge is 2.20. The summed E-state index contributed by atoms with van der Waals surface area (Å²) in [7, 11) is 3.33. The summed E-state index contributed by atoms with van der Waals surface area (Å²) in [5.41, 5.74) is 0.744. The van der Waals surface area contributed by atoms with Crippen molar-refractivity contribution >= 4 is 11.6 Å². The third-order valence-electron chi connectivity index (χ3n) is 2.98. The molecule has 0 aliphatic heterocycles. The van der Waals surface area contributed by atoms with Gasteiger partial charge in [0.15, 0.2) is 0 Å². The first-order valence-electron chi connectivity index (χ1n) is 6.41. The number of ether oxygens (including phenoxy) is 1. The number of hydrogen-bond acceptors (Lipinski definition) is 4. The van der Waals surface area contributed by atoms with E-state index < -0.39 is 0 Å². The van der Waals surface area contributed by atoms with Gasteiger partial charge in [0.1, 0.15) is 6.54 Å². The van der Waals surface area contributed by atoms with Crippen molar-refractivity contribution in [2.75, 3.05) is 19.5 Å². The second kappa shape index (κ2) is 6.56. The van der Waals surface area contributed by atoms with Crippen LogP contribution in [0.2, 0.25) is 0 Å². The molecular formula is C13H24N4O2. The van der Waals surface area contributed by atoms with Gasteiger partial charge < -0.3 is 15.4 Å². The molecule has 108 valence electrons. The van der Waals surface area contributed by atoms with E-state index in [-0.39, 0.29) is 24.1 Å². The molecule has 6 heteroatoms. The minimum atomic E-state index is -0.162. The van der Waals surface area contributed by atoms with Gasteiger partial charge in [0.25, 0.3) is 0 Å². The summed E-state index contributed by atoms with van der Waals surface area (Å²) in [5, 5.41) is 10.1. The molecule has 0 fully saturated rings. The van der Waals surface area contributed by atoms with Crippen LogP contribution in [0.5, 0.6) is 0 Å². The number of rotatable bonds is 7. The van der Waals surface area contributed by atoms with Gasteiger partial charge in [-0.1, -0.05) is 0 Å². The van der Waals surface area contributed by atoms with Crippen LogP contribution >= 0.6 is 0 Å². The molecule has 6 nitrogen and oxygen atoms in total. The van der Waals surface area contributed by atoms with Crippen LogP contribution < -0.4 is 10.6 Å². The fourth-order valence-corrected chi connectivity index (χ4v) is 1.91. The number of amides is 1.